The molecular formula is C11H20N4O2S. The van der Waals surface area contributed by atoms with Crippen LogP contribution in [0.3, 0.4) is 0 Å². The summed E-state index contributed by atoms with van der Waals surface area (Å²) in [5.74, 6) is 0.771. The molecule has 1 aromatic heterocycles. The molecule has 7 heteroatoms. The van der Waals surface area contributed by atoms with E-state index in [0.29, 0.717) is 5.82 Å². The van der Waals surface area contributed by atoms with Gasteiger partial charge in [0.15, 0.2) is 0 Å². The zero-order valence-electron chi connectivity index (χ0n) is 10.5. The van der Waals surface area contributed by atoms with Gasteiger partial charge in [0.25, 0.3) is 0 Å². The predicted octanol–water partition coefficient (Wildman–Crippen LogP) is 0.532. The zero-order chi connectivity index (χ0) is 13.0. The lowest BCUT2D eigenvalue weighted by atomic mass is 10.1. The van der Waals surface area contributed by atoms with Crippen LogP contribution < -0.4 is 10.0 Å². The zero-order valence-corrected chi connectivity index (χ0v) is 11.3. The Morgan fingerprint density at radius 2 is 2.39 bits per heavy atom. The van der Waals surface area contributed by atoms with Crippen molar-refractivity contribution in [3.05, 3.63) is 18.2 Å². The average molecular weight is 272 g/mol. The maximum Gasteiger partial charge on any atom is 0.213 e. The normalized spacial score (nSPS) is 22.8. The smallest absolute Gasteiger partial charge is 0.213 e. The van der Waals surface area contributed by atoms with Gasteiger partial charge in [0.2, 0.25) is 10.0 Å². The van der Waals surface area contributed by atoms with Gasteiger partial charge in [-0.1, -0.05) is 6.42 Å². The number of aromatic nitrogens is 2. The van der Waals surface area contributed by atoms with Crippen LogP contribution in [-0.4, -0.2) is 36.7 Å². The van der Waals surface area contributed by atoms with E-state index in [-0.39, 0.29) is 17.8 Å². The molecule has 0 radical (unpaired) electrons. The van der Waals surface area contributed by atoms with Crippen LogP contribution in [0.15, 0.2) is 12.4 Å². The van der Waals surface area contributed by atoms with Gasteiger partial charge in [-0.25, -0.2) is 18.1 Å². The Morgan fingerprint density at radius 1 is 1.56 bits per heavy atom. The summed E-state index contributed by atoms with van der Waals surface area (Å²) in [6.07, 6.45) is 6.45. The highest BCUT2D eigenvalue weighted by Gasteiger charge is 2.23. The molecule has 0 spiro atoms. The van der Waals surface area contributed by atoms with Gasteiger partial charge in [0, 0.05) is 18.4 Å². The Hall–Kier alpha value is -0.920. The van der Waals surface area contributed by atoms with Crippen molar-refractivity contribution in [3.8, 4) is 0 Å². The van der Waals surface area contributed by atoms with Crippen LogP contribution in [0.25, 0.3) is 0 Å². The fourth-order valence-electron chi connectivity index (χ4n) is 2.22. The van der Waals surface area contributed by atoms with Gasteiger partial charge in [0.1, 0.15) is 5.82 Å². The van der Waals surface area contributed by atoms with Crippen LogP contribution in [0.5, 0.6) is 0 Å². The Kier molecular flexibility index (Phi) is 4.36. The van der Waals surface area contributed by atoms with Crippen LogP contribution in [0.2, 0.25) is 0 Å². The van der Waals surface area contributed by atoms with E-state index in [2.05, 4.69) is 20.0 Å². The monoisotopic (exact) mass is 272 g/mol. The number of rotatable bonds is 5. The highest BCUT2D eigenvalue weighted by molar-refractivity contribution is 7.89. The molecule has 2 heterocycles. The van der Waals surface area contributed by atoms with Gasteiger partial charge in [-0.15, -0.1) is 0 Å². The van der Waals surface area contributed by atoms with Crippen LogP contribution >= 0.6 is 0 Å². The molecule has 2 atom stereocenters. The quantitative estimate of drug-likeness (QED) is 0.730. The Bertz CT molecular complexity index is 451. The average Bonchev–Trinajstić information content (AvgIpc) is 2.82. The molecule has 1 aromatic rings. The first-order valence-corrected chi connectivity index (χ1v) is 7.95. The molecule has 2 rings (SSSR count). The van der Waals surface area contributed by atoms with E-state index in [0.717, 1.165) is 25.8 Å². The first kappa shape index (κ1) is 13.5. The molecule has 2 unspecified atom stereocenters. The van der Waals surface area contributed by atoms with Gasteiger partial charge >= 0.3 is 0 Å². The fourth-order valence-corrected chi connectivity index (χ4v) is 3.78. The molecule has 0 aromatic carbocycles. The molecule has 0 saturated carbocycles. The molecule has 1 saturated heterocycles. The second kappa shape index (κ2) is 5.81. The number of nitrogens with one attached hydrogen (secondary N) is 3. The van der Waals surface area contributed by atoms with Crippen LogP contribution in [0, 0.1) is 0 Å². The van der Waals surface area contributed by atoms with E-state index in [1.165, 1.54) is 0 Å². The van der Waals surface area contributed by atoms with Gasteiger partial charge < -0.3 is 10.3 Å². The number of hydrogen-bond acceptors (Lipinski definition) is 4. The number of aromatic amines is 1. The third kappa shape index (κ3) is 3.79. The second-order valence-corrected chi connectivity index (χ2v) is 6.54. The number of hydrogen-bond donors (Lipinski definition) is 3. The van der Waals surface area contributed by atoms with Gasteiger partial charge in [-0.2, -0.15) is 0 Å². The third-order valence-corrected chi connectivity index (χ3v) is 4.67. The lowest BCUT2D eigenvalue weighted by Gasteiger charge is -2.24. The Morgan fingerprint density at radius 3 is 3.00 bits per heavy atom. The van der Waals surface area contributed by atoms with Crippen LogP contribution in [0.4, 0.5) is 0 Å². The van der Waals surface area contributed by atoms with E-state index in [1.807, 2.05) is 0 Å². The summed E-state index contributed by atoms with van der Waals surface area (Å²) in [6, 6.07) is -0.256. The highest BCUT2D eigenvalue weighted by atomic mass is 32.2. The molecule has 1 aliphatic rings. The third-order valence-electron chi connectivity index (χ3n) is 3.12. The summed E-state index contributed by atoms with van der Waals surface area (Å²) in [7, 11) is -3.28. The first-order valence-electron chi connectivity index (χ1n) is 6.29. The SMILES string of the molecule is CC(NS(=O)(=O)CC1CCCCN1)c1ncc[nH]1. The van der Waals surface area contributed by atoms with Crippen molar-refractivity contribution in [1.82, 2.24) is 20.0 Å². The summed E-state index contributed by atoms with van der Waals surface area (Å²) in [5, 5.41) is 3.24. The van der Waals surface area contributed by atoms with Crippen LogP contribution in [0.1, 0.15) is 38.1 Å². The van der Waals surface area contributed by atoms with Crippen molar-refractivity contribution in [2.24, 2.45) is 0 Å². The first-order chi connectivity index (χ1) is 8.57. The summed E-state index contributed by atoms with van der Waals surface area (Å²) in [4.78, 5) is 6.96. The standard InChI is InChI=1S/C11H20N4O2S/c1-9(11-13-6-7-14-11)15-18(16,17)8-10-4-2-3-5-12-10/h6-7,9-10,12,15H,2-5,8H2,1H3,(H,13,14). The molecular weight excluding hydrogens is 252 g/mol. The topological polar surface area (TPSA) is 86.9 Å². The largest absolute Gasteiger partial charge is 0.347 e. The van der Waals surface area contributed by atoms with Gasteiger partial charge in [0.05, 0.1) is 11.8 Å². The molecule has 1 fully saturated rings. The number of sulfonamides is 1. The summed E-state index contributed by atoms with van der Waals surface area (Å²) >= 11 is 0. The van der Waals surface area contributed by atoms with Crippen molar-refractivity contribution in [2.75, 3.05) is 12.3 Å². The fraction of sp³-hybridized carbons (Fsp3) is 0.727. The molecule has 18 heavy (non-hydrogen) atoms. The lowest BCUT2D eigenvalue weighted by molar-refractivity contribution is 0.421. The lowest BCUT2D eigenvalue weighted by Crippen LogP contribution is -2.43. The summed E-state index contributed by atoms with van der Waals surface area (Å²) < 4.78 is 26.7. The number of H-pyrrole nitrogens is 1. The molecule has 1 aliphatic heterocycles. The number of piperidine rings is 1. The number of imidazole rings is 1. The molecule has 102 valence electrons. The van der Waals surface area contributed by atoms with Crippen molar-refractivity contribution >= 4 is 10.0 Å². The van der Waals surface area contributed by atoms with Crippen molar-refractivity contribution < 1.29 is 8.42 Å². The van der Waals surface area contributed by atoms with Gasteiger partial charge in [-0.3, -0.25) is 0 Å². The van der Waals surface area contributed by atoms with Crippen LogP contribution in [-0.2, 0) is 10.0 Å². The van der Waals surface area contributed by atoms with Crippen molar-refractivity contribution in [1.29, 1.82) is 0 Å². The molecule has 0 aliphatic carbocycles. The Labute approximate surface area is 108 Å². The summed E-state index contributed by atoms with van der Waals surface area (Å²) in [6.45, 7) is 2.69. The summed E-state index contributed by atoms with van der Waals surface area (Å²) in [5.41, 5.74) is 0. The van der Waals surface area contributed by atoms with Gasteiger partial charge in [-0.05, 0) is 26.3 Å². The van der Waals surface area contributed by atoms with E-state index in [4.69, 9.17) is 0 Å². The van der Waals surface area contributed by atoms with E-state index < -0.39 is 10.0 Å². The Balaban J connectivity index is 1.90. The second-order valence-electron chi connectivity index (χ2n) is 4.74. The van der Waals surface area contributed by atoms with Crippen molar-refractivity contribution in [3.63, 3.8) is 0 Å². The molecule has 6 nitrogen and oxygen atoms in total. The maximum absolute atomic E-state index is 12.0. The number of nitrogens with zero attached hydrogens (tertiary/aromatic N) is 1. The minimum atomic E-state index is -3.28. The predicted molar refractivity (Wildman–Crippen MR) is 69.6 cm³/mol. The minimum absolute atomic E-state index is 0.0695. The van der Waals surface area contributed by atoms with E-state index in [9.17, 15) is 8.42 Å². The van der Waals surface area contributed by atoms with Crippen molar-refractivity contribution in [2.45, 2.75) is 38.3 Å². The molecule has 0 amide bonds. The highest BCUT2D eigenvalue weighted by Crippen LogP contribution is 2.11. The van der Waals surface area contributed by atoms with E-state index >= 15 is 0 Å². The minimum Gasteiger partial charge on any atom is -0.347 e. The maximum atomic E-state index is 12.0. The van der Waals surface area contributed by atoms with E-state index in [1.54, 1.807) is 19.3 Å². The molecule has 3 N–H and O–H groups in total. The molecule has 0 bridgehead atoms.